The largest absolute Gasteiger partial charge is 0.488 e. The van der Waals surface area contributed by atoms with E-state index in [2.05, 4.69) is 17.7 Å². The highest BCUT2D eigenvalue weighted by molar-refractivity contribution is 7.80. The van der Waals surface area contributed by atoms with Gasteiger partial charge in [0.1, 0.15) is 6.61 Å². The fraction of sp³-hybridized carbons (Fsp3) is 0.667. The lowest BCUT2D eigenvalue weighted by Crippen LogP contribution is -2.07. The van der Waals surface area contributed by atoms with Gasteiger partial charge in [0.2, 0.25) is 0 Å². The van der Waals surface area contributed by atoms with Crippen molar-refractivity contribution in [2.24, 2.45) is 0 Å². The second-order valence-corrected chi connectivity index (χ2v) is 3.16. The quantitative estimate of drug-likeness (QED) is 0.550. The van der Waals surface area contributed by atoms with Crippen molar-refractivity contribution in [1.29, 1.82) is 0 Å². The van der Waals surface area contributed by atoms with Gasteiger partial charge in [-0.1, -0.05) is 0 Å². The maximum absolute atomic E-state index is 5.40. The van der Waals surface area contributed by atoms with Crippen molar-refractivity contribution in [3.05, 3.63) is 12.4 Å². The molecule has 0 spiro atoms. The third kappa shape index (κ3) is 4.02. The van der Waals surface area contributed by atoms with E-state index >= 15 is 0 Å². The van der Waals surface area contributed by atoms with Crippen LogP contribution in [0.4, 0.5) is 0 Å². The van der Waals surface area contributed by atoms with Crippen LogP contribution in [0, 0.1) is 0 Å². The summed E-state index contributed by atoms with van der Waals surface area (Å²) in [5.41, 5.74) is 0. The Morgan fingerprint density at radius 3 is 2.93 bits per heavy atom. The number of aryl methyl sites for hydroxylation is 1. The first-order valence-corrected chi connectivity index (χ1v) is 5.34. The Morgan fingerprint density at radius 2 is 2.29 bits per heavy atom. The fourth-order valence-electron chi connectivity index (χ4n) is 0.977. The van der Waals surface area contributed by atoms with Gasteiger partial charge in [-0.3, -0.25) is 4.68 Å². The lowest BCUT2D eigenvalue weighted by atomic mass is 10.6. The van der Waals surface area contributed by atoms with Gasteiger partial charge in [-0.25, -0.2) is 0 Å². The summed E-state index contributed by atoms with van der Waals surface area (Å²) in [4.78, 5) is 0. The van der Waals surface area contributed by atoms with Crippen LogP contribution >= 0.6 is 12.6 Å². The van der Waals surface area contributed by atoms with Gasteiger partial charge in [-0.15, -0.1) is 0 Å². The molecule has 5 heteroatoms. The Labute approximate surface area is 89.6 Å². The summed E-state index contributed by atoms with van der Waals surface area (Å²) in [6, 6.07) is 0. The lowest BCUT2D eigenvalue weighted by molar-refractivity contribution is 0.112. The van der Waals surface area contributed by atoms with Crippen LogP contribution in [-0.4, -0.2) is 35.4 Å². The van der Waals surface area contributed by atoms with Gasteiger partial charge < -0.3 is 9.47 Å². The maximum atomic E-state index is 5.40. The molecule has 1 rings (SSSR count). The average Bonchev–Trinajstić information content (AvgIpc) is 2.65. The van der Waals surface area contributed by atoms with Crippen molar-refractivity contribution in [2.75, 3.05) is 25.6 Å². The summed E-state index contributed by atoms with van der Waals surface area (Å²) in [6.45, 7) is 4.72. The van der Waals surface area contributed by atoms with Crippen LogP contribution in [0.3, 0.4) is 0 Å². The number of hydrogen-bond acceptors (Lipinski definition) is 4. The van der Waals surface area contributed by atoms with E-state index in [0.29, 0.717) is 19.8 Å². The van der Waals surface area contributed by atoms with E-state index in [9.17, 15) is 0 Å². The summed E-state index contributed by atoms with van der Waals surface area (Å²) in [7, 11) is 0. The van der Waals surface area contributed by atoms with Gasteiger partial charge in [0, 0.05) is 12.3 Å². The first-order chi connectivity index (χ1) is 6.86. The third-order valence-electron chi connectivity index (χ3n) is 1.67. The minimum atomic E-state index is 0.559. The van der Waals surface area contributed by atoms with E-state index in [1.165, 1.54) is 0 Å². The Balaban J connectivity index is 2.12. The smallest absolute Gasteiger partial charge is 0.157 e. The number of nitrogens with zero attached hydrogens (tertiary/aromatic N) is 2. The molecule has 14 heavy (non-hydrogen) atoms. The van der Waals surface area contributed by atoms with E-state index in [0.717, 1.165) is 18.0 Å². The Bertz CT molecular complexity index is 253. The molecule has 4 nitrogen and oxygen atoms in total. The average molecular weight is 216 g/mol. The molecule has 1 heterocycles. The van der Waals surface area contributed by atoms with E-state index in [-0.39, 0.29) is 0 Å². The van der Waals surface area contributed by atoms with Crippen molar-refractivity contribution in [2.45, 2.75) is 13.5 Å². The number of ether oxygens (including phenoxy) is 2. The first-order valence-electron chi connectivity index (χ1n) is 4.70. The second kappa shape index (κ2) is 6.73. The summed E-state index contributed by atoms with van der Waals surface area (Å²) < 4.78 is 12.4. The normalized spacial score (nSPS) is 10.4. The maximum Gasteiger partial charge on any atom is 0.157 e. The van der Waals surface area contributed by atoms with Crippen LogP contribution in [0.15, 0.2) is 12.4 Å². The molecule has 0 aliphatic rings. The van der Waals surface area contributed by atoms with Gasteiger partial charge in [-0.2, -0.15) is 17.7 Å². The van der Waals surface area contributed by atoms with E-state index in [4.69, 9.17) is 9.47 Å². The van der Waals surface area contributed by atoms with Gasteiger partial charge in [-0.05, 0) is 6.92 Å². The van der Waals surface area contributed by atoms with Crippen molar-refractivity contribution in [3.8, 4) is 5.75 Å². The molecule has 0 radical (unpaired) electrons. The number of rotatable bonds is 7. The van der Waals surface area contributed by atoms with Gasteiger partial charge >= 0.3 is 0 Å². The summed E-state index contributed by atoms with van der Waals surface area (Å²) >= 11 is 4.03. The number of thiol groups is 1. The van der Waals surface area contributed by atoms with Crippen molar-refractivity contribution >= 4 is 12.6 Å². The Morgan fingerprint density at radius 1 is 1.43 bits per heavy atom. The predicted molar refractivity (Wildman–Crippen MR) is 58.1 cm³/mol. The van der Waals surface area contributed by atoms with Crippen LogP contribution in [0.1, 0.15) is 6.92 Å². The minimum absolute atomic E-state index is 0.559. The highest BCUT2D eigenvalue weighted by Gasteiger charge is 1.97. The third-order valence-corrected chi connectivity index (χ3v) is 1.85. The molecular weight excluding hydrogens is 200 g/mol. The molecule has 0 fully saturated rings. The molecule has 0 aliphatic heterocycles. The summed E-state index contributed by atoms with van der Waals surface area (Å²) in [5.74, 6) is 1.54. The first kappa shape index (κ1) is 11.4. The molecule has 80 valence electrons. The van der Waals surface area contributed by atoms with Crippen LogP contribution in [-0.2, 0) is 11.3 Å². The fourth-order valence-corrected chi connectivity index (χ4v) is 1.11. The summed E-state index contributed by atoms with van der Waals surface area (Å²) in [6.07, 6.45) is 3.58. The SMILES string of the molecule is CCn1cc(OCCOCCS)cn1. The zero-order chi connectivity index (χ0) is 10.2. The monoisotopic (exact) mass is 216 g/mol. The molecule has 0 aromatic carbocycles. The molecular formula is C9H16N2O2S. The number of aromatic nitrogens is 2. The highest BCUT2D eigenvalue weighted by atomic mass is 32.1. The predicted octanol–water partition coefficient (Wildman–Crippen LogP) is 1.23. The minimum Gasteiger partial charge on any atom is -0.488 e. The molecule has 0 atom stereocenters. The zero-order valence-corrected chi connectivity index (χ0v) is 9.24. The molecule has 0 saturated heterocycles. The highest BCUT2D eigenvalue weighted by Crippen LogP contribution is 2.07. The summed E-state index contributed by atoms with van der Waals surface area (Å²) in [5, 5.41) is 4.09. The molecule has 0 saturated carbocycles. The van der Waals surface area contributed by atoms with Gasteiger partial charge in [0.05, 0.1) is 25.6 Å². The van der Waals surface area contributed by atoms with Crippen LogP contribution in [0.5, 0.6) is 5.75 Å². The molecule has 0 amide bonds. The van der Waals surface area contributed by atoms with Gasteiger partial charge in [0.15, 0.2) is 5.75 Å². The van der Waals surface area contributed by atoms with Gasteiger partial charge in [0.25, 0.3) is 0 Å². The number of hydrogen-bond donors (Lipinski definition) is 1. The van der Waals surface area contributed by atoms with Crippen molar-refractivity contribution < 1.29 is 9.47 Å². The van der Waals surface area contributed by atoms with Crippen LogP contribution < -0.4 is 4.74 Å². The standard InChI is InChI=1S/C9H16N2O2S/c1-2-11-8-9(7-10-11)13-4-3-12-5-6-14/h7-8,14H,2-6H2,1H3. The van der Waals surface area contributed by atoms with Crippen molar-refractivity contribution in [1.82, 2.24) is 9.78 Å². The lowest BCUT2D eigenvalue weighted by Gasteiger charge is -2.03. The molecule has 1 aromatic rings. The topological polar surface area (TPSA) is 36.3 Å². The van der Waals surface area contributed by atoms with Crippen molar-refractivity contribution in [3.63, 3.8) is 0 Å². The molecule has 0 aliphatic carbocycles. The van der Waals surface area contributed by atoms with Crippen LogP contribution in [0.25, 0.3) is 0 Å². The second-order valence-electron chi connectivity index (χ2n) is 2.72. The van der Waals surface area contributed by atoms with E-state index in [1.54, 1.807) is 6.20 Å². The molecule has 0 N–H and O–H groups in total. The molecule has 0 bridgehead atoms. The zero-order valence-electron chi connectivity index (χ0n) is 8.35. The Kier molecular flexibility index (Phi) is 5.47. The van der Waals surface area contributed by atoms with Crippen LogP contribution in [0.2, 0.25) is 0 Å². The van der Waals surface area contributed by atoms with E-state index < -0.39 is 0 Å². The molecule has 0 unspecified atom stereocenters. The Hall–Kier alpha value is -0.680. The molecule has 1 aromatic heterocycles. The van der Waals surface area contributed by atoms with E-state index in [1.807, 2.05) is 17.8 Å².